The van der Waals surface area contributed by atoms with Gasteiger partial charge in [0.1, 0.15) is 0 Å². The fourth-order valence-corrected chi connectivity index (χ4v) is 2.11. The fraction of sp³-hybridized carbons (Fsp3) is 1.00. The summed E-state index contributed by atoms with van der Waals surface area (Å²) in [6.45, 7) is 2.62. The van der Waals surface area contributed by atoms with Crippen LogP contribution in [0.15, 0.2) is 0 Å². The van der Waals surface area contributed by atoms with E-state index in [1.165, 1.54) is 32.4 Å². The highest BCUT2D eigenvalue weighted by molar-refractivity contribution is 4.85. The maximum absolute atomic E-state index is 3.42. The minimum absolute atomic E-state index is 1.06. The molecule has 0 unspecified atom stereocenters. The molecule has 1 nitrogen and oxygen atoms in total. The first-order chi connectivity index (χ1) is 3.97. The molecule has 2 atom stereocenters. The highest BCUT2D eigenvalue weighted by atomic mass is 14.9. The van der Waals surface area contributed by atoms with Crippen LogP contribution < -0.4 is 5.32 Å². The molecule has 0 spiro atoms. The van der Waals surface area contributed by atoms with Gasteiger partial charge in [0.05, 0.1) is 0 Å². The molecule has 0 amide bonds. The molecule has 0 radical (unpaired) electrons. The summed E-state index contributed by atoms with van der Waals surface area (Å²) in [5.41, 5.74) is 0. The Labute approximate surface area is 50.5 Å². The highest BCUT2D eigenvalue weighted by Gasteiger charge is 2.30. The molecular weight excluding hydrogens is 98.1 g/mol. The van der Waals surface area contributed by atoms with Crippen molar-refractivity contribution >= 4 is 0 Å². The topological polar surface area (TPSA) is 12.0 Å². The summed E-state index contributed by atoms with van der Waals surface area (Å²) in [6.07, 6.45) is 4.49. The molecule has 2 rings (SSSR count). The molecule has 1 heterocycles. The largest absolute Gasteiger partial charge is 0.316 e. The van der Waals surface area contributed by atoms with E-state index in [0.29, 0.717) is 0 Å². The van der Waals surface area contributed by atoms with Gasteiger partial charge in [0.2, 0.25) is 0 Å². The molecule has 1 saturated heterocycles. The molecule has 0 aromatic rings. The van der Waals surface area contributed by atoms with E-state index in [2.05, 4.69) is 5.32 Å². The van der Waals surface area contributed by atoms with E-state index >= 15 is 0 Å². The maximum Gasteiger partial charge on any atom is -0.00173 e. The second kappa shape index (κ2) is 1.73. The van der Waals surface area contributed by atoms with Gasteiger partial charge in [0.15, 0.2) is 0 Å². The van der Waals surface area contributed by atoms with E-state index in [9.17, 15) is 0 Å². The van der Waals surface area contributed by atoms with Gasteiger partial charge in [-0.25, -0.2) is 0 Å². The van der Waals surface area contributed by atoms with Crippen LogP contribution in [0.2, 0.25) is 0 Å². The van der Waals surface area contributed by atoms with Crippen LogP contribution in [0, 0.1) is 11.8 Å². The Morgan fingerprint density at radius 2 is 1.62 bits per heavy atom. The third-order valence-electron chi connectivity index (χ3n) is 2.63. The molecule has 0 aromatic carbocycles. The van der Waals surface area contributed by atoms with E-state index in [1.807, 2.05) is 0 Å². The maximum atomic E-state index is 3.42. The zero-order valence-electron chi connectivity index (χ0n) is 5.19. The summed E-state index contributed by atoms with van der Waals surface area (Å²) in [5.74, 6) is 2.13. The summed E-state index contributed by atoms with van der Waals surface area (Å²) in [6, 6.07) is 0. The zero-order chi connectivity index (χ0) is 5.40. The Balaban J connectivity index is 2.04. The molecule has 46 valence electrons. The van der Waals surface area contributed by atoms with Gasteiger partial charge < -0.3 is 5.32 Å². The number of fused-ring (bicyclic) bond motifs is 1. The smallest absolute Gasteiger partial charge is 0.00173 e. The van der Waals surface area contributed by atoms with Crippen LogP contribution in [0.1, 0.15) is 19.3 Å². The summed E-state index contributed by atoms with van der Waals surface area (Å²) in [5, 5.41) is 3.42. The van der Waals surface area contributed by atoms with Crippen molar-refractivity contribution < 1.29 is 0 Å². The lowest BCUT2D eigenvalue weighted by molar-refractivity contribution is 0.494. The molecule has 2 fully saturated rings. The predicted molar refractivity (Wildman–Crippen MR) is 33.7 cm³/mol. The molecule has 1 N–H and O–H groups in total. The number of hydrogen-bond donors (Lipinski definition) is 1. The molecule has 1 heteroatoms. The normalized spacial score (nSPS) is 45.0. The van der Waals surface area contributed by atoms with Crippen LogP contribution in [0.4, 0.5) is 0 Å². The Hall–Kier alpha value is -0.0400. The summed E-state index contributed by atoms with van der Waals surface area (Å²) in [7, 11) is 0. The first-order valence-corrected chi connectivity index (χ1v) is 3.67. The van der Waals surface area contributed by atoms with Gasteiger partial charge in [0, 0.05) is 0 Å². The van der Waals surface area contributed by atoms with Crippen molar-refractivity contribution in [2.45, 2.75) is 19.3 Å². The Bertz CT molecular complexity index is 70.4. The first-order valence-electron chi connectivity index (χ1n) is 3.67. The first kappa shape index (κ1) is 4.80. The molecular formula is C7H13N. The predicted octanol–water partition coefficient (Wildman–Crippen LogP) is 1.01. The zero-order valence-corrected chi connectivity index (χ0v) is 5.19. The number of hydrogen-bond acceptors (Lipinski definition) is 1. The van der Waals surface area contributed by atoms with E-state index in [4.69, 9.17) is 0 Å². The van der Waals surface area contributed by atoms with Gasteiger partial charge in [0.25, 0.3) is 0 Å². The summed E-state index contributed by atoms with van der Waals surface area (Å²) >= 11 is 0. The second-order valence-corrected chi connectivity index (χ2v) is 3.11. The van der Waals surface area contributed by atoms with Crippen molar-refractivity contribution in [3.8, 4) is 0 Å². The molecule has 0 bridgehead atoms. The van der Waals surface area contributed by atoms with Crippen molar-refractivity contribution in [1.82, 2.24) is 5.32 Å². The van der Waals surface area contributed by atoms with Crippen molar-refractivity contribution in [3.05, 3.63) is 0 Å². The molecule has 1 aliphatic carbocycles. The average Bonchev–Trinajstić information content (AvgIpc) is 2.15. The minimum Gasteiger partial charge on any atom is -0.316 e. The Morgan fingerprint density at radius 1 is 1.00 bits per heavy atom. The van der Waals surface area contributed by atoms with Gasteiger partial charge in [-0.05, 0) is 37.8 Å². The fourth-order valence-electron chi connectivity index (χ4n) is 2.11. The summed E-state index contributed by atoms with van der Waals surface area (Å²) < 4.78 is 0. The Kier molecular flexibility index (Phi) is 1.04. The Morgan fingerprint density at radius 3 is 2.25 bits per heavy atom. The quantitative estimate of drug-likeness (QED) is 0.492. The van der Waals surface area contributed by atoms with Gasteiger partial charge in [-0.2, -0.15) is 0 Å². The molecule has 1 saturated carbocycles. The second-order valence-electron chi connectivity index (χ2n) is 3.11. The van der Waals surface area contributed by atoms with Crippen LogP contribution in [0.5, 0.6) is 0 Å². The van der Waals surface area contributed by atoms with E-state index in [-0.39, 0.29) is 0 Å². The third-order valence-corrected chi connectivity index (χ3v) is 2.63. The van der Waals surface area contributed by atoms with Gasteiger partial charge in [-0.1, -0.05) is 6.42 Å². The standard InChI is InChI=1S/C7H13N/c1-2-6-4-8-5-7(6)3-1/h6-8H,1-5H2/t6-,7+. The van der Waals surface area contributed by atoms with Crippen LogP contribution in [-0.2, 0) is 0 Å². The molecule has 0 aromatic heterocycles. The number of rotatable bonds is 0. The highest BCUT2D eigenvalue weighted by Crippen LogP contribution is 2.33. The van der Waals surface area contributed by atoms with Crippen molar-refractivity contribution in [1.29, 1.82) is 0 Å². The average molecular weight is 111 g/mol. The summed E-state index contributed by atoms with van der Waals surface area (Å²) in [4.78, 5) is 0. The van der Waals surface area contributed by atoms with Crippen molar-refractivity contribution in [2.24, 2.45) is 11.8 Å². The van der Waals surface area contributed by atoms with Crippen LogP contribution in [0.3, 0.4) is 0 Å². The van der Waals surface area contributed by atoms with Gasteiger partial charge in [-0.3, -0.25) is 0 Å². The minimum atomic E-state index is 1.06. The lowest BCUT2D eigenvalue weighted by Crippen LogP contribution is -2.08. The van der Waals surface area contributed by atoms with E-state index in [1.54, 1.807) is 0 Å². The van der Waals surface area contributed by atoms with Crippen molar-refractivity contribution in [3.63, 3.8) is 0 Å². The molecule has 2 aliphatic rings. The van der Waals surface area contributed by atoms with E-state index in [0.717, 1.165) is 11.8 Å². The monoisotopic (exact) mass is 111 g/mol. The van der Waals surface area contributed by atoms with E-state index < -0.39 is 0 Å². The van der Waals surface area contributed by atoms with Gasteiger partial charge in [-0.15, -0.1) is 0 Å². The molecule has 1 aliphatic heterocycles. The van der Waals surface area contributed by atoms with Crippen LogP contribution in [0.25, 0.3) is 0 Å². The van der Waals surface area contributed by atoms with Crippen LogP contribution in [-0.4, -0.2) is 13.1 Å². The van der Waals surface area contributed by atoms with Crippen LogP contribution >= 0.6 is 0 Å². The number of nitrogens with one attached hydrogen (secondary N) is 1. The lowest BCUT2D eigenvalue weighted by atomic mass is 10.0. The molecule has 8 heavy (non-hydrogen) atoms. The third kappa shape index (κ3) is 0.576. The van der Waals surface area contributed by atoms with Gasteiger partial charge >= 0.3 is 0 Å². The van der Waals surface area contributed by atoms with Crippen molar-refractivity contribution in [2.75, 3.05) is 13.1 Å². The lowest BCUT2D eigenvalue weighted by Gasteiger charge is -2.02. The SMILES string of the molecule is C1C[C@@H]2CNC[C@@H]2C1.